The lowest BCUT2D eigenvalue weighted by Gasteiger charge is -2.29. The number of aromatic nitrogens is 1. The Balaban J connectivity index is 2.98. The first kappa shape index (κ1) is 17.8. The summed E-state index contributed by atoms with van der Waals surface area (Å²) >= 11 is 9.00. The maximum atomic E-state index is 12.3. The van der Waals surface area contributed by atoms with E-state index in [4.69, 9.17) is 11.6 Å². The first-order valence-electron chi connectivity index (χ1n) is 6.22. The van der Waals surface area contributed by atoms with Gasteiger partial charge in [0.1, 0.15) is 10.0 Å². The van der Waals surface area contributed by atoms with Gasteiger partial charge in [0.15, 0.2) is 0 Å². The van der Waals surface area contributed by atoms with Gasteiger partial charge in [0.25, 0.3) is 0 Å². The van der Waals surface area contributed by atoms with Gasteiger partial charge in [-0.2, -0.15) is 0 Å². The standard InChI is InChI=1S/C12H18BrClN2O3S/c1-3-12(4-2,8-17)7-16-20(18,19)10-5-9(13)6-15-11(10)14/h5-6,16-17H,3-4,7-8H2,1-2H3. The van der Waals surface area contributed by atoms with Gasteiger partial charge < -0.3 is 5.11 Å². The van der Waals surface area contributed by atoms with Gasteiger partial charge in [-0.05, 0) is 34.8 Å². The highest BCUT2D eigenvalue weighted by molar-refractivity contribution is 9.10. The van der Waals surface area contributed by atoms with Crippen molar-refractivity contribution < 1.29 is 13.5 Å². The summed E-state index contributed by atoms with van der Waals surface area (Å²) in [4.78, 5) is 3.72. The summed E-state index contributed by atoms with van der Waals surface area (Å²) in [5.74, 6) is 0. The van der Waals surface area contributed by atoms with E-state index in [1.807, 2.05) is 13.8 Å². The van der Waals surface area contributed by atoms with E-state index in [1.165, 1.54) is 12.3 Å². The third-order valence-corrected chi connectivity index (χ3v) is 5.80. The summed E-state index contributed by atoms with van der Waals surface area (Å²) in [6.45, 7) is 3.91. The van der Waals surface area contributed by atoms with E-state index in [9.17, 15) is 13.5 Å². The number of hydrogen-bond donors (Lipinski definition) is 2. The monoisotopic (exact) mass is 384 g/mol. The van der Waals surface area contributed by atoms with Crippen molar-refractivity contribution in [1.29, 1.82) is 0 Å². The molecular formula is C12H18BrClN2O3S. The number of nitrogens with zero attached hydrogens (tertiary/aromatic N) is 1. The van der Waals surface area contributed by atoms with Crippen LogP contribution in [-0.4, -0.2) is 31.7 Å². The molecule has 8 heteroatoms. The summed E-state index contributed by atoms with van der Waals surface area (Å²) in [5, 5.41) is 9.38. The number of aliphatic hydroxyl groups excluding tert-OH is 1. The van der Waals surface area contributed by atoms with Gasteiger partial charge in [0.05, 0.1) is 0 Å². The molecule has 0 fully saturated rings. The average Bonchev–Trinajstić information content (AvgIpc) is 2.43. The lowest BCUT2D eigenvalue weighted by atomic mass is 9.84. The first-order valence-corrected chi connectivity index (χ1v) is 8.87. The summed E-state index contributed by atoms with van der Waals surface area (Å²) in [7, 11) is -3.76. The predicted octanol–water partition coefficient (Wildman–Crippen LogP) is 2.57. The highest BCUT2D eigenvalue weighted by Gasteiger charge is 2.28. The molecule has 0 aliphatic rings. The van der Waals surface area contributed by atoms with Crippen molar-refractivity contribution in [3.05, 3.63) is 21.9 Å². The van der Waals surface area contributed by atoms with Crippen LogP contribution in [0.25, 0.3) is 0 Å². The molecule has 5 nitrogen and oxygen atoms in total. The van der Waals surface area contributed by atoms with Crippen molar-refractivity contribution in [2.75, 3.05) is 13.2 Å². The minimum atomic E-state index is -3.76. The second-order valence-electron chi connectivity index (χ2n) is 4.63. The van der Waals surface area contributed by atoms with Gasteiger partial charge in [-0.15, -0.1) is 0 Å². The van der Waals surface area contributed by atoms with E-state index in [-0.39, 0.29) is 23.2 Å². The Hall–Kier alpha value is -0.210. The highest BCUT2D eigenvalue weighted by Crippen LogP contribution is 2.27. The second-order valence-corrected chi connectivity index (χ2v) is 7.64. The molecule has 1 rings (SSSR count). The van der Waals surface area contributed by atoms with E-state index in [0.29, 0.717) is 17.3 Å². The van der Waals surface area contributed by atoms with Crippen molar-refractivity contribution in [3.8, 4) is 0 Å². The number of hydrogen-bond acceptors (Lipinski definition) is 4. The van der Waals surface area contributed by atoms with Crippen LogP contribution in [0, 0.1) is 5.41 Å². The van der Waals surface area contributed by atoms with Crippen LogP contribution >= 0.6 is 27.5 Å². The van der Waals surface area contributed by atoms with Crippen molar-refractivity contribution in [1.82, 2.24) is 9.71 Å². The predicted molar refractivity (Wildman–Crippen MR) is 82.2 cm³/mol. The third kappa shape index (κ3) is 4.14. The van der Waals surface area contributed by atoms with Crippen molar-refractivity contribution >= 4 is 37.6 Å². The van der Waals surface area contributed by atoms with Crippen LogP contribution in [0.1, 0.15) is 26.7 Å². The van der Waals surface area contributed by atoms with Gasteiger partial charge in [0.2, 0.25) is 10.0 Å². The number of pyridine rings is 1. The van der Waals surface area contributed by atoms with E-state index in [0.717, 1.165) is 0 Å². The molecule has 2 N–H and O–H groups in total. The lowest BCUT2D eigenvalue weighted by molar-refractivity contribution is 0.119. The number of halogens is 2. The molecular weight excluding hydrogens is 368 g/mol. The fourth-order valence-corrected chi connectivity index (χ4v) is 3.80. The van der Waals surface area contributed by atoms with Crippen molar-refractivity contribution in [2.24, 2.45) is 5.41 Å². The third-order valence-electron chi connectivity index (χ3n) is 3.54. The SMILES string of the molecule is CCC(CC)(CO)CNS(=O)(=O)c1cc(Br)cnc1Cl. The minimum Gasteiger partial charge on any atom is -0.396 e. The van der Waals surface area contributed by atoms with Crippen LogP contribution < -0.4 is 4.72 Å². The van der Waals surface area contributed by atoms with E-state index in [1.54, 1.807) is 0 Å². The Morgan fingerprint density at radius 1 is 1.45 bits per heavy atom. The van der Waals surface area contributed by atoms with Crippen LogP contribution in [-0.2, 0) is 10.0 Å². The average molecular weight is 386 g/mol. The summed E-state index contributed by atoms with van der Waals surface area (Å²) in [5.41, 5.74) is -0.459. The molecule has 0 amide bonds. The molecule has 0 bridgehead atoms. The smallest absolute Gasteiger partial charge is 0.243 e. The van der Waals surface area contributed by atoms with Crippen LogP contribution in [0.2, 0.25) is 5.15 Å². The van der Waals surface area contributed by atoms with Crippen LogP contribution in [0.4, 0.5) is 0 Å². The Morgan fingerprint density at radius 2 is 2.05 bits per heavy atom. The molecule has 0 saturated heterocycles. The molecule has 0 aliphatic carbocycles. The quantitative estimate of drug-likeness (QED) is 0.707. The number of aliphatic hydroxyl groups is 1. The van der Waals surface area contributed by atoms with Crippen LogP contribution in [0.15, 0.2) is 21.6 Å². The molecule has 1 aromatic rings. The molecule has 0 saturated carbocycles. The fourth-order valence-electron chi connectivity index (χ4n) is 1.70. The zero-order valence-electron chi connectivity index (χ0n) is 11.4. The number of nitrogens with one attached hydrogen (secondary N) is 1. The minimum absolute atomic E-state index is 0.0763. The Morgan fingerprint density at radius 3 is 2.55 bits per heavy atom. The molecule has 0 atom stereocenters. The van der Waals surface area contributed by atoms with Gasteiger partial charge in [-0.1, -0.05) is 25.4 Å². The number of sulfonamides is 1. The second kappa shape index (κ2) is 7.17. The van der Waals surface area contributed by atoms with E-state index in [2.05, 4.69) is 25.6 Å². The Bertz CT molecular complexity index is 554. The lowest BCUT2D eigenvalue weighted by Crippen LogP contribution is -2.39. The zero-order chi connectivity index (χ0) is 15.4. The maximum absolute atomic E-state index is 12.3. The molecule has 1 heterocycles. The number of rotatable bonds is 7. The Kier molecular flexibility index (Phi) is 6.40. The molecule has 0 radical (unpaired) electrons. The molecule has 0 aliphatic heterocycles. The van der Waals surface area contributed by atoms with E-state index >= 15 is 0 Å². The molecule has 114 valence electrons. The maximum Gasteiger partial charge on any atom is 0.243 e. The molecule has 0 unspecified atom stereocenters. The molecule has 0 spiro atoms. The highest BCUT2D eigenvalue weighted by atomic mass is 79.9. The molecule has 20 heavy (non-hydrogen) atoms. The van der Waals surface area contributed by atoms with Gasteiger partial charge in [-0.3, -0.25) is 0 Å². The van der Waals surface area contributed by atoms with Gasteiger partial charge >= 0.3 is 0 Å². The summed E-state index contributed by atoms with van der Waals surface area (Å²) in [6.07, 6.45) is 2.78. The molecule has 0 aromatic carbocycles. The summed E-state index contributed by atoms with van der Waals surface area (Å²) in [6, 6.07) is 1.40. The first-order chi connectivity index (χ1) is 9.30. The van der Waals surface area contributed by atoms with Crippen molar-refractivity contribution in [2.45, 2.75) is 31.6 Å². The van der Waals surface area contributed by atoms with Crippen LogP contribution in [0.5, 0.6) is 0 Å². The molecule has 1 aromatic heterocycles. The van der Waals surface area contributed by atoms with Gasteiger partial charge in [-0.25, -0.2) is 18.1 Å². The van der Waals surface area contributed by atoms with Crippen molar-refractivity contribution in [3.63, 3.8) is 0 Å². The largest absolute Gasteiger partial charge is 0.396 e. The fraction of sp³-hybridized carbons (Fsp3) is 0.583. The Labute approximate surface area is 132 Å². The van der Waals surface area contributed by atoms with E-state index < -0.39 is 15.4 Å². The summed E-state index contributed by atoms with van der Waals surface area (Å²) < 4.78 is 27.6. The normalized spacial score (nSPS) is 12.7. The topological polar surface area (TPSA) is 79.3 Å². The van der Waals surface area contributed by atoms with Gasteiger partial charge in [0, 0.05) is 29.2 Å². The zero-order valence-corrected chi connectivity index (χ0v) is 14.5. The van der Waals surface area contributed by atoms with Crippen LogP contribution in [0.3, 0.4) is 0 Å².